The zero-order chi connectivity index (χ0) is 10.1. The van der Waals surface area contributed by atoms with Gasteiger partial charge in [-0.05, 0) is 6.54 Å². The lowest BCUT2D eigenvalue weighted by atomic mass is 9.79. The molecule has 0 aliphatic carbocycles. The van der Waals surface area contributed by atoms with Gasteiger partial charge in [0.15, 0.2) is 0 Å². The molecule has 1 rings (SSSR count). The van der Waals surface area contributed by atoms with Crippen molar-refractivity contribution in [2.75, 3.05) is 26.2 Å². The molecule has 1 heterocycles. The van der Waals surface area contributed by atoms with Crippen molar-refractivity contribution < 1.29 is 13.9 Å². The van der Waals surface area contributed by atoms with E-state index in [1.54, 1.807) is 0 Å². The standard InChI is InChI=1S/C9H17F2NO/c1-3-12-5-4-9(10,11)8(2,6-12)7-13/h13H,3-7H2,1-2H3. The highest BCUT2D eigenvalue weighted by molar-refractivity contribution is 4.95. The highest BCUT2D eigenvalue weighted by atomic mass is 19.3. The lowest BCUT2D eigenvalue weighted by Gasteiger charge is -2.44. The molecule has 1 atom stereocenters. The smallest absolute Gasteiger partial charge is 0.258 e. The number of hydrogen-bond donors (Lipinski definition) is 1. The highest BCUT2D eigenvalue weighted by Gasteiger charge is 2.52. The van der Waals surface area contributed by atoms with E-state index in [1.807, 2.05) is 11.8 Å². The molecule has 78 valence electrons. The number of likely N-dealkylation sites (tertiary alicyclic amines) is 1. The Bertz CT molecular complexity index is 186. The molecule has 1 aliphatic rings. The fourth-order valence-corrected chi connectivity index (χ4v) is 1.72. The lowest BCUT2D eigenvalue weighted by Crippen LogP contribution is -2.55. The Hall–Kier alpha value is -0.220. The van der Waals surface area contributed by atoms with Crippen LogP contribution in [0.1, 0.15) is 20.3 Å². The van der Waals surface area contributed by atoms with Gasteiger partial charge in [-0.25, -0.2) is 8.78 Å². The first kappa shape index (κ1) is 10.9. The second-order valence-electron chi connectivity index (χ2n) is 4.04. The van der Waals surface area contributed by atoms with Gasteiger partial charge in [-0.1, -0.05) is 13.8 Å². The van der Waals surface area contributed by atoms with Gasteiger partial charge in [0.05, 0.1) is 12.0 Å². The SMILES string of the molecule is CCN1CCC(F)(F)C(C)(CO)C1. The third-order valence-electron chi connectivity index (χ3n) is 2.99. The van der Waals surface area contributed by atoms with E-state index in [0.29, 0.717) is 6.54 Å². The van der Waals surface area contributed by atoms with E-state index < -0.39 is 17.9 Å². The van der Waals surface area contributed by atoms with Gasteiger partial charge in [0.2, 0.25) is 0 Å². The third kappa shape index (κ3) is 1.83. The van der Waals surface area contributed by atoms with Crippen LogP contribution in [0.2, 0.25) is 0 Å². The molecule has 13 heavy (non-hydrogen) atoms. The van der Waals surface area contributed by atoms with E-state index >= 15 is 0 Å². The molecule has 0 aromatic rings. The van der Waals surface area contributed by atoms with Gasteiger partial charge >= 0.3 is 0 Å². The number of rotatable bonds is 2. The minimum Gasteiger partial charge on any atom is -0.396 e. The fourth-order valence-electron chi connectivity index (χ4n) is 1.72. The summed E-state index contributed by atoms with van der Waals surface area (Å²) < 4.78 is 26.8. The van der Waals surface area contributed by atoms with Crippen LogP contribution >= 0.6 is 0 Å². The molecule has 0 amide bonds. The predicted molar refractivity (Wildman–Crippen MR) is 46.9 cm³/mol. The van der Waals surface area contributed by atoms with Crippen molar-refractivity contribution in [2.45, 2.75) is 26.2 Å². The van der Waals surface area contributed by atoms with Gasteiger partial charge in [0.1, 0.15) is 0 Å². The molecule has 1 aliphatic heterocycles. The van der Waals surface area contributed by atoms with Gasteiger partial charge in [-0.3, -0.25) is 0 Å². The summed E-state index contributed by atoms with van der Waals surface area (Å²) in [5.74, 6) is -2.73. The number of alkyl halides is 2. The van der Waals surface area contributed by atoms with E-state index in [1.165, 1.54) is 6.92 Å². The zero-order valence-corrected chi connectivity index (χ0v) is 8.19. The normalized spacial score (nSPS) is 34.8. The van der Waals surface area contributed by atoms with Crippen molar-refractivity contribution in [3.05, 3.63) is 0 Å². The second-order valence-corrected chi connectivity index (χ2v) is 4.04. The molecule has 2 nitrogen and oxygen atoms in total. The van der Waals surface area contributed by atoms with Crippen LogP contribution in [-0.2, 0) is 0 Å². The molecule has 0 spiro atoms. The van der Waals surface area contributed by atoms with Crippen molar-refractivity contribution in [2.24, 2.45) is 5.41 Å². The van der Waals surface area contributed by atoms with E-state index in [-0.39, 0.29) is 13.0 Å². The summed E-state index contributed by atoms with van der Waals surface area (Å²) in [5.41, 5.74) is -1.26. The Morgan fingerprint density at radius 1 is 1.46 bits per heavy atom. The molecular weight excluding hydrogens is 176 g/mol. The van der Waals surface area contributed by atoms with Crippen molar-refractivity contribution in [1.29, 1.82) is 0 Å². The largest absolute Gasteiger partial charge is 0.396 e. The van der Waals surface area contributed by atoms with Crippen LogP contribution in [0.5, 0.6) is 0 Å². The molecule has 1 fully saturated rings. The topological polar surface area (TPSA) is 23.5 Å². The maximum Gasteiger partial charge on any atom is 0.258 e. The van der Waals surface area contributed by atoms with Crippen LogP contribution in [-0.4, -0.2) is 42.2 Å². The molecule has 1 N–H and O–H groups in total. The van der Waals surface area contributed by atoms with Crippen LogP contribution < -0.4 is 0 Å². The lowest BCUT2D eigenvalue weighted by molar-refractivity contribution is -0.174. The number of halogens is 2. The molecule has 1 saturated heterocycles. The average molecular weight is 193 g/mol. The quantitative estimate of drug-likeness (QED) is 0.715. The first-order valence-corrected chi connectivity index (χ1v) is 4.66. The second kappa shape index (κ2) is 3.50. The predicted octanol–water partition coefficient (Wildman–Crippen LogP) is 1.35. The molecular formula is C9H17F2NO. The Morgan fingerprint density at radius 3 is 2.54 bits per heavy atom. The Balaban J connectivity index is 2.75. The Morgan fingerprint density at radius 2 is 2.08 bits per heavy atom. The minimum atomic E-state index is -2.73. The van der Waals surface area contributed by atoms with Gasteiger partial charge < -0.3 is 10.0 Å². The number of hydrogen-bond acceptors (Lipinski definition) is 2. The number of aliphatic hydroxyl groups is 1. The Labute approximate surface area is 77.5 Å². The van der Waals surface area contributed by atoms with E-state index in [2.05, 4.69) is 0 Å². The van der Waals surface area contributed by atoms with Crippen LogP contribution in [0.3, 0.4) is 0 Å². The van der Waals surface area contributed by atoms with E-state index in [4.69, 9.17) is 5.11 Å². The minimum absolute atomic E-state index is 0.141. The number of nitrogens with zero attached hydrogens (tertiary/aromatic N) is 1. The molecule has 0 aromatic carbocycles. The van der Waals surface area contributed by atoms with Crippen molar-refractivity contribution >= 4 is 0 Å². The summed E-state index contributed by atoms with van der Waals surface area (Å²) in [6, 6.07) is 0. The van der Waals surface area contributed by atoms with Gasteiger partial charge in [-0.2, -0.15) is 0 Å². The summed E-state index contributed by atoms with van der Waals surface area (Å²) >= 11 is 0. The molecule has 0 saturated carbocycles. The summed E-state index contributed by atoms with van der Waals surface area (Å²) in [6.07, 6.45) is -0.141. The summed E-state index contributed by atoms with van der Waals surface area (Å²) in [6.45, 7) is 4.43. The first-order chi connectivity index (χ1) is 5.95. The monoisotopic (exact) mass is 193 g/mol. The van der Waals surface area contributed by atoms with Gasteiger partial charge in [0.25, 0.3) is 5.92 Å². The number of piperidine rings is 1. The van der Waals surface area contributed by atoms with E-state index in [0.717, 1.165) is 6.54 Å². The summed E-state index contributed by atoms with van der Waals surface area (Å²) in [7, 11) is 0. The van der Waals surface area contributed by atoms with Crippen molar-refractivity contribution in [1.82, 2.24) is 4.90 Å². The molecule has 0 bridgehead atoms. The van der Waals surface area contributed by atoms with Gasteiger partial charge in [0, 0.05) is 19.5 Å². The maximum absolute atomic E-state index is 13.4. The van der Waals surface area contributed by atoms with Crippen LogP contribution in [0.4, 0.5) is 8.78 Å². The molecule has 4 heteroatoms. The maximum atomic E-state index is 13.4. The van der Waals surface area contributed by atoms with E-state index in [9.17, 15) is 8.78 Å². The summed E-state index contributed by atoms with van der Waals surface area (Å²) in [5, 5.41) is 8.99. The first-order valence-electron chi connectivity index (χ1n) is 4.66. The summed E-state index contributed by atoms with van der Waals surface area (Å²) in [4.78, 5) is 1.95. The Kier molecular flexibility index (Phi) is 2.92. The molecule has 0 radical (unpaired) electrons. The van der Waals surface area contributed by atoms with Crippen LogP contribution in [0.15, 0.2) is 0 Å². The van der Waals surface area contributed by atoms with Crippen LogP contribution in [0.25, 0.3) is 0 Å². The van der Waals surface area contributed by atoms with Crippen molar-refractivity contribution in [3.63, 3.8) is 0 Å². The molecule has 1 unspecified atom stereocenters. The highest BCUT2D eigenvalue weighted by Crippen LogP contribution is 2.42. The van der Waals surface area contributed by atoms with Gasteiger partial charge in [-0.15, -0.1) is 0 Å². The fraction of sp³-hybridized carbons (Fsp3) is 1.00. The number of aliphatic hydroxyl groups excluding tert-OH is 1. The molecule has 0 aromatic heterocycles. The third-order valence-corrected chi connectivity index (χ3v) is 2.99. The zero-order valence-electron chi connectivity index (χ0n) is 8.19. The van der Waals surface area contributed by atoms with Crippen molar-refractivity contribution in [3.8, 4) is 0 Å². The van der Waals surface area contributed by atoms with Crippen LogP contribution in [0, 0.1) is 5.41 Å². The average Bonchev–Trinajstić information content (AvgIpc) is 2.10.